The lowest BCUT2D eigenvalue weighted by Crippen LogP contribution is -2.48. The quantitative estimate of drug-likeness (QED) is 0.257. The van der Waals surface area contributed by atoms with Gasteiger partial charge in [-0.3, -0.25) is 0 Å². The molecule has 0 atom stereocenters. The molecule has 4 aromatic rings. The predicted octanol–water partition coefficient (Wildman–Crippen LogP) is 10.6. The van der Waals surface area contributed by atoms with Crippen LogP contribution >= 0.6 is 0 Å². The van der Waals surface area contributed by atoms with Crippen molar-refractivity contribution in [2.75, 3.05) is 4.90 Å². The Hall–Kier alpha value is -3.32. The van der Waals surface area contributed by atoms with Crippen LogP contribution in [-0.2, 0) is 10.8 Å². The van der Waals surface area contributed by atoms with Crippen molar-refractivity contribution >= 4 is 17.1 Å². The summed E-state index contributed by atoms with van der Waals surface area (Å²) < 4.78 is 0. The van der Waals surface area contributed by atoms with Crippen molar-refractivity contribution in [1.29, 1.82) is 0 Å². The lowest BCUT2D eigenvalue weighted by Gasteiger charge is -2.57. The second-order valence-electron chi connectivity index (χ2n) is 13.8. The molecule has 8 rings (SSSR count). The normalized spacial score (nSPS) is 25.6. The van der Waals surface area contributed by atoms with Crippen LogP contribution in [0.3, 0.4) is 0 Å². The van der Waals surface area contributed by atoms with Gasteiger partial charge in [-0.2, -0.15) is 0 Å². The van der Waals surface area contributed by atoms with E-state index in [9.17, 15) is 0 Å². The van der Waals surface area contributed by atoms with E-state index in [4.69, 9.17) is 0 Å². The van der Waals surface area contributed by atoms with Crippen LogP contribution in [0.1, 0.15) is 70.4 Å². The maximum Gasteiger partial charge on any atom is 0.0462 e. The molecule has 0 radical (unpaired) electrons. The summed E-state index contributed by atoms with van der Waals surface area (Å²) in [7, 11) is 0. The molecule has 4 aromatic carbocycles. The Balaban J connectivity index is 1.16. The largest absolute Gasteiger partial charge is 0.311 e. The van der Waals surface area contributed by atoms with Crippen molar-refractivity contribution < 1.29 is 0 Å². The number of hydrogen-bond acceptors (Lipinski definition) is 1. The first-order valence-corrected chi connectivity index (χ1v) is 15.0. The van der Waals surface area contributed by atoms with E-state index in [1.54, 1.807) is 5.56 Å². The van der Waals surface area contributed by atoms with Crippen LogP contribution in [0.5, 0.6) is 0 Å². The smallest absolute Gasteiger partial charge is 0.0462 e. The summed E-state index contributed by atoms with van der Waals surface area (Å²) in [6, 6.07) is 38.5. The van der Waals surface area contributed by atoms with E-state index in [1.807, 2.05) is 0 Å². The molecule has 1 nitrogen and oxygen atoms in total. The van der Waals surface area contributed by atoms with Crippen LogP contribution in [0.4, 0.5) is 17.1 Å². The zero-order chi connectivity index (χ0) is 26.6. The molecule has 0 heterocycles. The van der Waals surface area contributed by atoms with Gasteiger partial charge < -0.3 is 4.90 Å². The number of hydrogen-bond donors (Lipinski definition) is 0. The van der Waals surface area contributed by atoms with Crippen molar-refractivity contribution in [2.45, 2.75) is 70.1 Å². The van der Waals surface area contributed by atoms with Crippen molar-refractivity contribution in [3.05, 3.63) is 114 Å². The monoisotopic (exact) mass is 511 g/mol. The minimum absolute atomic E-state index is 0.142. The van der Waals surface area contributed by atoms with E-state index < -0.39 is 0 Å². The number of nitrogens with zero attached hydrogens (tertiary/aromatic N) is 1. The lowest BCUT2D eigenvalue weighted by atomic mass is 9.48. The third-order valence-electron chi connectivity index (χ3n) is 10.0. The number of para-hydroxylation sites is 1. The summed E-state index contributed by atoms with van der Waals surface area (Å²) in [5, 5.41) is 0. The van der Waals surface area contributed by atoms with Gasteiger partial charge in [0.05, 0.1) is 0 Å². The standard InChI is InChI=1S/C38H41N/c1-37(2,3)32-15-19-36(20-16-32)39(34-7-5-4-6-8-34)35-17-11-31(12-18-35)30-9-13-33(14-10-30)38-24-27-21-28(25-38)23-29(22-27)26-38/h4-20,27-29H,21-26H2,1-3H3. The Kier molecular flexibility index (Phi) is 5.96. The van der Waals surface area contributed by atoms with Crippen LogP contribution in [-0.4, -0.2) is 0 Å². The van der Waals surface area contributed by atoms with Gasteiger partial charge in [-0.25, -0.2) is 0 Å². The highest BCUT2D eigenvalue weighted by Gasteiger charge is 2.51. The van der Waals surface area contributed by atoms with Crippen molar-refractivity contribution in [3.63, 3.8) is 0 Å². The van der Waals surface area contributed by atoms with Gasteiger partial charge in [0.25, 0.3) is 0 Å². The Bertz CT molecular complexity index is 1390. The molecule has 4 saturated carbocycles. The predicted molar refractivity (Wildman–Crippen MR) is 165 cm³/mol. The molecule has 0 N–H and O–H groups in total. The summed E-state index contributed by atoms with van der Waals surface area (Å²) in [6.07, 6.45) is 8.80. The maximum atomic E-state index is 2.46. The highest BCUT2D eigenvalue weighted by atomic mass is 15.1. The third-order valence-corrected chi connectivity index (χ3v) is 10.0. The highest BCUT2D eigenvalue weighted by Crippen LogP contribution is 2.60. The molecule has 4 fully saturated rings. The summed E-state index contributed by atoms with van der Waals surface area (Å²) in [5.74, 6) is 2.96. The molecule has 0 unspecified atom stereocenters. The van der Waals surface area contributed by atoms with Crippen LogP contribution in [0.15, 0.2) is 103 Å². The molecule has 0 aliphatic heterocycles. The van der Waals surface area contributed by atoms with Crippen LogP contribution in [0, 0.1) is 17.8 Å². The van der Waals surface area contributed by atoms with Crippen LogP contribution in [0.2, 0.25) is 0 Å². The van der Waals surface area contributed by atoms with E-state index >= 15 is 0 Å². The zero-order valence-electron chi connectivity index (χ0n) is 23.7. The minimum atomic E-state index is 0.142. The summed E-state index contributed by atoms with van der Waals surface area (Å²) in [4.78, 5) is 2.35. The molecule has 0 amide bonds. The second kappa shape index (κ2) is 9.40. The van der Waals surface area contributed by atoms with Gasteiger partial charge in [-0.1, -0.05) is 87.5 Å². The van der Waals surface area contributed by atoms with Crippen LogP contribution in [0.25, 0.3) is 11.1 Å². The van der Waals surface area contributed by atoms with Gasteiger partial charge in [0, 0.05) is 17.1 Å². The first kappa shape index (κ1) is 24.7. The molecule has 4 aliphatic rings. The Morgan fingerprint density at radius 1 is 0.538 bits per heavy atom. The van der Waals surface area contributed by atoms with E-state index in [2.05, 4.69) is 129 Å². The molecule has 0 saturated heterocycles. The van der Waals surface area contributed by atoms with E-state index in [-0.39, 0.29) is 5.41 Å². The number of benzene rings is 4. The summed E-state index contributed by atoms with van der Waals surface area (Å²) in [5.41, 5.74) is 9.71. The average molecular weight is 512 g/mol. The van der Waals surface area contributed by atoms with Crippen molar-refractivity contribution in [2.24, 2.45) is 17.8 Å². The molecule has 39 heavy (non-hydrogen) atoms. The highest BCUT2D eigenvalue weighted by molar-refractivity contribution is 5.78. The lowest BCUT2D eigenvalue weighted by molar-refractivity contribution is -0.00518. The van der Waals surface area contributed by atoms with E-state index in [0.29, 0.717) is 5.41 Å². The van der Waals surface area contributed by atoms with Gasteiger partial charge in [0.2, 0.25) is 0 Å². The van der Waals surface area contributed by atoms with Crippen LogP contribution < -0.4 is 4.90 Å². The van der Waals surface area contributed by atoms with Gasteiger partial charge in [0.15, 0.2) is 0 Å². The Morgan fingerprint density at radius 3 is 1.46 bits per heavy atom. The third kappa shape index (κ3) is 4.61. The van der Waals surface area contributed by atoms with E-state index in [1.165, 1.54) is 72.3 Å². The number of rotatable bonds is 5. The molecule has 4 bridgehead atoms. The maximum absolute atomic E-state index is 2.46. The fourth-order valence-electron chi connectivity index (χ4n) is 8.42. The average Bonchev–Trinajstić information content (AvgIpc) is 2.93. The Morgan fingerprint density at radius 2 is 0.974 bits per heavy atom. The first-order valence-electron chi connectivity index (χ1n) is 15.0. The van der Waals surface area contributed by atoms with E-state index in [0.717, 1.165) is 17.8 Å². The van der Waals surface area contributed by atoms with Crippen molar-refractivity contribution in [3.8, 4) is 11.1 Å². The van der Waals surface area contributed by atoms with Gasteiger partial charge in [-0.05, 0) is 126 Å². The second-order valence-corrected chi connectivity index (χ2v) is 13.8. The molecule has 1 heteroatoms. The Labute approximate surface area is 234 Å². The molecule has 198 valence electrons. The molecule has 0 aromatic heterocycles. The molecular weight excluding hydrogens is 470 g/mol. The van der Waals surface area contributed by atoms with Gasteiger partial charge in [-0.15, -0.1) is 0 Å². The fourth-order valence-corrected chi connectivity index (χ4v) is 8.42. The molecule has 0 spiro atoms. The van der Waals surface area contributed by atoms with Gasteiger partial charge >= 0.3 is 0 Å². The SMILES string of the molecule is CC(C)(C)c1ccc(N(c2ccccc2)c2ccc(-c3ccc(C45CC6CC(CC(C6)C4)C5)cc3)cc2)cc1. The number of anilines is 3. The summed E-state index contributed by atoms with van der Waals surface area (Å²) in [6.45, 7) is 6.81. The zero-order valence-corrected chi connectivity index (χ0v) is 23.7. The molecular formula is C38H41N. The topological polar surface area (TPSA) is 3.24 Å². The van der Waals surface area contributed by atoms with Gasteiger partial charge in [0.1, 0.15) is 0 Å². The minimum Gasteiger partial charge on any atom is -0.311 e. The van der Waals surface area contributed by atoms with Crippen molar-refractivity contribution in [1.82, 2.24) is 0 Å². The fraction of sp³-hybridized carbons (Fsp3) is 0.368. The first-order chi connectivity index (χ1) is 18.9. The molecule has 4 aliphatic carbocycles. The summed E-state index contributed by atoms with van der Waals surface area (Å²) >= 11 is 0.